The molecule has 5 atom stereocenters. The first-order valence-electron chi connectivity index (χ1n) is 6.10. The van der Waals surface area contributed by atoms with Crippen LogP contribution in [0.2, 0.25) is 0 Å². The van der Waals surface area contributed by atoms with E-state index in [1.54, 1.807) is 0 Å². The van der Waals surface area contributed by atoms with E-state index in [-0.39, 0.29) is 18.5 Å². The number of ether oxygens (including phenoxy) is 3. The van der Waals surface area contributed by atoms with E-state index in [4.69, 9.17) is 14.2 Å². The Labute approximate surface area is 99.9 Å². The zero-order valence-corrected chi connectivity index (χ0v) is 9.41. The van der Waals surface area contributed by atoms with Gasteiger partial charge < -0.3 is 19.5 Å². The van der Waals surface area contributed by atoms with Crippen LogP contribution in [0.3, 0.4) is 0 Å². The highest BCUT2D eigenvalue weighted by atomic mass is 16.7. The van der Waals surface area contributed by atoms with Crippen LogP contribution >= 0.6 is 0 Å². The fraction of sp³-hybridized carbons (Fsp3) is 0.538. The van der Waals surface area contributed by atoms with E-state index in [0.29, 0.717) is 25.3 Å². The van der Waals surface area contributed by atoms with Crippen LogP contribution in [0.25, 0.3) is 0 Å². The molecule has 4 heteroatoms. The second-order valence-electron chi connectivity index (χ2n) is 4.86. The zero-order valence-electron chi connectivity index (χ0n) is 9.41. The molecular weight excluding hydrogens is 218 g/mol. The van der Waals surface area contributed by atoms with Crippen LogP contribution < -0.4 is 5.32 Å². The summed E-state index contributed by atoms with van der Waals surface area (Å²) in [6.45, 7) is 1.31. The molecule has 0 aromatic heterocycles. The van der Waals surface area contributed by atoms with Crippen molar-refractivity contribution in [1.82, 2.24) is 5.32 Å². The third kappa shape index (κ3) is 1.68. The summed E-state index contributed by atoms with van der Waals surface area (Å²) in [6.07, 6.45) is 0.0838. The molecule has 1 N–H and O–H groups in total. The van der Waals surface area contributed by atoms with E-state index in [9.17, 15) is 0 Å². The average molecular weight is 233 g/mol. The topological polar surface area (TPSA) is 49.6 Å². The van der Waals surface area contributed by atoms with Crippen molar-refractivity contribution in [1.29, 1.82) is 0 Å². The van der Waals surface area contributed by atoms with Crippen molar-refractivity contribution < 1.29 is 14.2 Å². The summed E-state index contributed by atoms with van der Waals surface area (Å²) in [4.78, 5) is 0. The Morgan fingerprint density at radius 3 is 3.00 bits per heavy atom. The molecule has 3 fully saturated rings. The van der Waals surface area contributed by atoms with E-state index in [1.807, 2.05) is 18.2 Å². The highest BCUT2D eigenvalue weighted by molar-refractivity contribution is 5.16. The normalized spacial score (nSPS) is 42.2. The lowest BCUT2D eigenvalue weighted by molar-refractivity contribution is -0.167. The lowest BCUT2D eigenvalue weighted by atomic mass is 10.1. The molecule has 2 bridgehead atoms. The first-order valence-corrected chi connectivity index (χ1v) is 6.10. The number of fused-ring (bicyclic) bond motifs is 4. The number of rotatable bonds is 3. The lowest BCUT2D eigenvalue weighted by Crippen LogP contribution is -2.41. The van der Waals surface area contributed by atoms with Gasteiger partial charge in [0.15, 0.2) is 6.29 Å². The van der Waals surface area contributed by atoms with Gasteiger partial charge in [-0.2, -0.15) is 0 Å². The summed E-state index contributed by atoms with van der Waals surface area (Å²) >= 11 is 0. The van der Waals surface area contributed by atoms with Gasteiger partial charge in [-0.05, 0) is 5.56 Å². The Kier molecular flexibility index (Phi) is 2.23. The van der Waals surface area contributed by atoms with Gasteiger partial charge in [0.1, 0.15) is 12.2 Å². The Morgan fingerprint density at radius 2 is 2.12 bits per heavy atom. The molecule has 0 saturated carbocycles. The van der Waals surface area contributed by atoms with Crippen molar-refractivity contribution in [3.63, 3.8) is 0 Å². The quantitative estimate of drug-likeness (QED) is 0.779. The van der Waals surface area contributed by atoms with Gasteiger partial charge in [0.25, 0.3) is 0 Å². The molecule has 0 unspecified atom stereocenters. The molecule has 3 aliphatic heterocycles. The zero-order chi connectivity index (χ0) is 11.2. The van der Waals surface area contributed by atoms with Gasteiger partial charge in [-0.25, -0.2) is 0 Å². The first kappa shape index (κ1) is 10.0. The Balaban J connectivity index is 1.43. The van der Waals surface area contributed by atoms with Gasteiger partial charge >= 0.3 is 0 Å². The van der Waals surface area contributed by atoms with Gasteiger partial charge in [0.2, 0.25) is 0 Å². The minimum absolute atomic E-state index is 0.0268. The molecule has 0 aliphatic carbocycles. The van der Waals surface area contributed by atoms with Crippen LogP contribution in [0.5, 0.6) is 0 Å². The van der Waals surface area contributed by atoms with E-state index < -0.39 is 0 Å². The van der Waals surface area contributed by atoms with Gasteiger partial charge in [-0.1, -0.05) is 30.3 Å². The maximum Gasteiger partial charge on any atom is 0.185 e. The van der Waals surface area contributed by atoms with Crippen molar-refractivity contribution in [3.05, 3.63) is 35.9 Å². The van der Waals surface area contributed by atoms with Crippen LogP contribution in [0.15, 0.2) is 30.3 Å². The summed E-state index contributed by atoms with van der Waals surface area (Å²) in [6, 6.07) is 11.1. The molecule has 3 saturated heterocycles. The molecule has 0 amide bonds. The fourth-order valence-corrected chi connectivity index (χ4v) is 2.72. The van der Waals surface area contributed by atoms with Crippen LogP contribution in [-0.2, 0) is 20.8 Å². The molecule has 90 valence electrons. The lowest BCUT2D eigenvalue weighted by Gasteiger charge is -2.25. The SMILES string of the molecule is c1ccc(CO[C@H]2[C@@H]3OC[C@@H](O3)[C@@H]3N[C@@H]32)cc1. The van der Waals surface area contributed by atoms with Crippen LogP contribution in [0, 0.1) is 0 Å². The summed E-state index contributed by atoms with van der Waals surface area (Å²) in [5.41, 5.74) is 1.19. The number of benzene rings is 1. The molecule has 4 rings (SSSR count). The molecule has 1 aromatic rings. The molecule has 17 heavy (non-hydrogen) atoms. The van der Waals surface area contributed by atoms with Crippen LogP contribution in [0.4, 0.5) is 0 Å². The maximum absolute atomic E-state index is 5.94. The average Bonchev–Trinajstić information content (AvgIpc) is 3.05. The Morgan fingerprint density at radius 1 is 1.24 bits per heavy atom. The second-order valence-corrected chi connectivity index (χ2v) is 4.86. The maximum atomic E-state index is 5.94. The predicted octanol–water partition coefficient (Wildman–Crippen LogP) is 0.667. The van der Waals surface area contributed by atoms with Crippen molar-refractivity contribution in [2.24, 2.45) is 0 Å². The molecule has 0 spiro atoms. The standard InChI is InChI=1S/C13H15NO3/c1-2-4-8(5-3-1)6-15-12-11-10(14-11)9-7-16-13(12)17-9/h1-5,9-14H,6-7H2/t9-,10+,11+,12-,13-/m1/s1. The van der Waals surface area contributed by atoms with E-state index in [2.05, 4.69) is 17.4 Å². The third-order valence-electron chi connectivity index (χ3n) is 3.70. The van der Waals surface area contributed by atoms with Crippen LogP contribution in [-0.4, -0.2) is 37.2 Å². The highest BCUT2D eigenvalue weighted by Gasteiger charge is 2.59. The van der Waals surface area contributed by atoms with E-state index >= 15 is 0 Å². The summed E-state index contributed by atoms with van der Waals surface area (Å²) in [5.74, 6) is 0. The first-order chi connectivity index (χ1) is 8.42. The minimum atomic E-state index is -0.181. The monoisotopic (exact) mass is 233 g/mol. The fourth-order valence-electron chi connectivity index (χ4n) is 2.72. The van der Waals surface area contributed by atoms with Gasteiger partial charge in [-0.3, -0.25) is 0 Å². The van der Waals surface area contributed by atoms with Crippen molar-refractivity contribution in [2.45, 2.75) is 37.2 Å². The van der Waals surface area contributed by atoms with E-state index in [0.717, 1.165) is 0 Å². The van der Waals surface area contributed by atoms with Gasteiger partial charge in [0, 0.05) is 0 Å². The summed E-state index contributed by atoms with van der Waals surface area (Å²) < 4.78 is 17.3. The molecule has 3 aliphatic rings. The predicted molar refractivity (Wildman–Crippen MR) is 60.3 cm³/mol. The Hall–Kier alpha value is -0.940. The minimum Gasteiger partial charge on any atom is -0.367 e. The van der Waals surface area contributed by atoms with Gasteiger partial charge in [-0.15, -0.1) is 0 Å². The van der Waals surface area contributed by atoms with Crippen molar-refractivity contribution >= 4 is 0 Å². The highest BCUT2D eigenvalue weighted by Crippen LogP contribution is 2.37. The Bertz CT molecular complexity index is 410. The van der Waals surface area contributed by atoms with Crippen LogP contribution in [0.1, 0.15) is 5.56 Å². The molecular formula is C13H15NO3. The summed E-state index contributed by atoms with van der Waals surface area (Å²) in [7, 11) is 0. The molecule has 3 heterocycles. The molecule has 0 radical (unpaired) electrons. The number of hydrogen-bond acceptors (Lipinski definition) is 4. The summed E-state index contributed by atoms with van der Waals surface area (Å²) in [5, 5.41) is 3.42. The van der Waals surface area contributed by atoms with Crippen molar-refractivity contribution in [3.8, 4) is 0 Å². The second kappa shape index (κ2) is 3.78. The number of nitrogens with one attached hydrogen (secondary N) is 1. The molecule has 1 aromatic carbocycles. The number of hydrogen-bond donors (Lipinski definition) is 1. The smallest absolute Gasteiger partial charge is 0.185 e. The molecule has 4 nitrogen and oxygen atoms in total. The largest absolute Gasteiger partial charge is 0.367 e. The van der Waals surface area contributed by atoms with Gasteiger partial charge in [0.05, 0.1) is 25.3 Å². The van der Waals surface area contributed by atoms with Crippen molar-refractivity contribution in [2.75, 3.05) is 6.61 Å². The third-order valence-corrected chi connectivity index (χ3v) is 3.70. The van der Waals surface area contributed by atoms with E-state index in [1.165, 1.54) is 5.56 Å².